The van der Waals surface area contributed by atoms with Crippen LogP contribution in [-0.4, -0.2) is 16.6 Å². The summed E-state index contributed by atoms with van der Waals surface area (Å²) in [6, 6.07) is 6.15. The molecule has 0 unspecified atom stereocenters. The molecule has 0 saturated heterocycles. The van der Waals surface area contributed by atoms with Gasteiger partial charge in [0.05, 0.1) is 17.6 Å². The van der Waals surface area contributed by atoms with E-state index in [-0.39, 0.29) is 0 Å². The maximum Gasteiger partial charge on any atom is 0.294 e. The first-order valence-electron chi connectivity index (χ1n) is 5.53. The zero-order chi connectivity index (χ0) is 11.5. The molecule has 0 saturated carbocycles. The summed E-state index contributed by atoms with van der Waals surface area (Å²) in [6.45, 7) is 5.03. The topological polar surface area (TPSA) is 63.9 Å². The van der Waals surface area contributed by atoms with Crippen molar-refractivity contribution < 1.29 is 4.74 Å². The standard InChI is InChI=1S/C12H17N3O/c1-8(2)5-6-16-12-14-10-4-3-9(13)7-11(10)15-12/h3-4,7-8H,5-6,13H2,1-2H3,(H,14,15). The number of rotatable bonds is 4. The van der Waals surface area contributed by atoms with Gasteiger partial charge in [-0.2, -0.15) is 4.98 Å². The highest BCUT2D eigenvalue weighted by Crippen LogP contribution is 2.18. The maximum absolute atomic E-state index is 5.68. The number of aromatic amines is 1. The van der Waals surface area contributed by atoms with Gasteiger partial charge in [0.25, 0.3) is 6.01 Å². The lowest BCUT2D eigenvalue weighted by Crippen LogP contribution is -2.02. The summed E-state index contributed by atoms with van der Waals surface area (Å²) in [5.74, 6) is 0.639. The van der Waals surface area contributed by atoms with Crippen LogP contribution < -0.4 is 10.5 Å². The van der Waals surface area contributed by atoms with Crippen LogP contribution in [0.4, 0.5) is 5.69 Å². The quantitative estimate of drug-likeness (QED) is 0.777. The van der Waals surface area contributed by atoms with Crippen LogP contribution in [0, 0.1) is 5.92 Å². The predicted octanol–water partition coefficient (Wildman–Crippen LogP) is 2.57. The summed E-state index contributed by atoms with van der Waals surface area (Å²) in [7, 11) is 0. The van der Waals surface area contributed by atoms with E-state index in [0.717, 1.165) is 23.1 Å². The van der Waals surface area contributed by atoms with Gasteiger partial charge in [0.15, 0.2) is 0 Å². The molecule has 2 aromatic rings. The monoisotopic (exact) mass is 219 g/mol. The van der Waals surface area contributed by atoms with E-state index in [4.69, 9.17) is 10.5 Å². The van der Waals surface area contributed by atoms with E-state index in [1.807, 2.05) is 18.2 Å². The number of hydrogen-bond acceptors (Lipinski definition) is 3. The lowest BCUT2D eigenvalue weighted by Gasteiger charge is -2.04. The van der Waals surface area contributed by atoms with Crippen molar-refractivity contribution in [2.75, 3.05) is 12.3 Å². The van der Waals surface area contributed by atoms with Gasteiger partial charge in [0.1, 0.15) is 0 Å². The highest BCUT2D eigenvalue weighted by Gasteiger charge is 2.04. The Morgan fingerprint density at radius 2 is 2.25 bits per heavy atom. The number of nitrogens with two attached hydrogens (primary N) is 1. The normalized spacial score (nSPS) is 11.2. The van der Waals surface area contributed by atoms with Crippen LogP contribution in [0.25, 0.3) is 11.0 Å². The van der Waals surface area contributed by atoms with E-state index in [1.165, 1.54) is 0 Å². The van der Waals surface area contributed by atoms with Crippen LogP contribution in [0.1, 0.15) is 20.3 Å². The molecule has 16 heavy (non-hydrogen) atoms. The number of hydrogen-bond donors (Lipinski definition) is 2. The van der Waals surface area contributed by atoms with Crippen LogP contribution in [-0.2, 0) is 0 Å². The lowest BCUT2D eigenvalue weighted by molar-refractivity contribution is 0.272. The van der Waals surface area contributed by atoms with Gasteiger partial charge in [-0.1, -0.05) is 13.8 Å². The second-order valence-electron chi connectivity index (χ2n) is 4.35. The summed E-state index contributed by atoms with van der Waals surface area (Å²) in [5, 5.41) is 0. The molecule has 0 aliphatic carbocycles. The van der Waals surface area contributed by atoms with Gasteiger partial charge in [-0.15, -0.1) is 0 Å². The second-order valence-corrected chi connectivity index (χ2v) is 4.35. The van der Waals surface area contributed by atoms with E-state index in [2.05, 4.69) is 23.8 Å². The number of H-pyrrole nitrogens is 1. The van der Waals surface area contributed by atoms with Gasteiger partial charge in [-0.05, 0) is 30.5 Å². The minimum absolute atomic E-state index is 0.571. The van der Waals surface area contributed by atoms with Crippen molar-refractivity contribution in [3.63, 3.8) is 0 Å². The molecule has 0 amide bonds. The zero-order valence-electron chi connectivity index (χ0n) is 9.66. The van der Waals surface area contributed by atoms with Crippen molar-refractivity contribution in [1.82, 2.24) is 9.97 Å². The molecule has 4 heteroatoms. The first-order chi connectivity index (χ1) is 7.65. The first-order valence-corrected chi connectivity index (χ1v) is 5.53. The molecule has 2 rings (SSSR count). The Balaban J connectivity index is 2.08. The molecule has 0 aliphatic rings. The second kappa shape index (κ2) is 4.43. The number of benzene rings is 1. The predicted molar refractivity (Wildman–Crippen MR) is 65.5 cm³/mol. The highest BCUT2D eigenvalue weighted by molar-refractivity contribution is 5.79. The van der Waals surface area contributed by atoms with Gasteiger partial charge in [-0.25, -0.2) is 0 Å². The van der Waals surface area contributed by atoms with Gasteiger partial charge >= 0.3 is 0 Å². The Morgan fingerprint density at radius 3 is 3.00 bits per heavy atom. The molecule has 3 N–H and O–H groups in total. The number of nitrogens with one attached hydrogen (secondary N) is 1. The Hall–Kier alpha value is -1.71. The smallest absolute Gasteiger partial charge is 0.294 e. The highest BCUT2D eigenvalue weighted by atomic mass is 16.5. The van der Waals surface area contributed by atoms with Gasteiger partial charge < -0.3 is 15.5 Å². The van der Waals surface area contributed by atoms with Crippen molar-refractivity contribution >= 4 is 16.7 Å². The lowest BCUT2D eigenvalue weighted by atomic mass is 10.1. The molecule has 1 aromatic carbocycles. The Morgan fingerprint density at radius 1 is 1.44 bits per heavy atom. The Kier molecular flexibility index (Phi) is 2.99. The first kappa shape index (κ1) is 10.8. The fraction of sp³-hybridized carbons (Fsp3) is 0.417. The van der Waals surface area contributed by atoms with E-state index >= 15 is 0 Å². The van der Waals surface area contributed by atoms with Crippen LogP contribution >= 0.6 is 0 Å². The van der Waals surface area contributed by atoms with Crippen LogP contribution in [0.15, 0.2) is 18.2 Å². The van der Waals surface area contributed by atoms with Crippen molar-refractivity contribution in [3.05, 3.63) is 18.2 Å². The largest absolute Gasteiger partial charge is 0.465 e. The molecule has 0 radical (unpaired) electrons. The van der Waals surface area contributed by atoms with E-state index < -0.39 is 0 Å². The molecule has 0 bridgehead atoms. The molecule has 1 aromatic heterocycles. The van der Waals surface area contributed by atoms with Crippen molar-refractivity contribution in [2.24, 2.45) is 5.92 Å². The van der Waals surface area contributed by atoms with Gasteiger partial charge in [-0.3, -0.25) is 0 Å². The van der Waals surface area contributed by atoms with Crippen molar-refractivity contribution in [2.45, 2.75) is 20.3 Å². The summed E-state index contributed by atoms with van der Waals surface area (Å²) in [6.07, 6.45) is 1.03. The molecule has 0 atom stereocenters. The molecule has 0 fully saturated rings. The van der Waals surface area contributed by atoms with Crippen LogP contribution in [0.2, 0.25) is 0 Å². The van der Waals surface area contributed by atoms with Crippen LogP contribution in [0.5, 0.6) is 6.01 Å². The Labute approximate surface area is 94.8 Å². The minimum Gasteiger partial charge on any atom is -0.465 e. The van der Waals surface area contributed by atoms with Gasteiger partial charge in [0.2, 0.25) is 0 Å². The number of nitrogens with zero attached hydrogens (tertiary/aromatic N) is 1. The molecule has 0 spiro atoms. The third-order valence-corrected chi connectivity index (χ3v) is 2.42. The third kappa shape index (κ3) is 2.45. The summed E-state index contributed by atoms with van der Waals surface area (Å²) in [5.41, 5.74) is 8.21. The molecule has 1 heterocycles. The minimum atomic E-state index is 0.571. The van der Waals surface area contributed by atoms with Crippen LogP contribution in [0.3, 0.4) is 0 Å². The molecule has 86 valence electrons. The molecule has 4 nitrogen and oxygen atoms in total. The molecule has 0 aliphatic heterocycles. The number of anilines is 1. The number of aromatic nitrogens is 2. The third-order valence-electron chi connectivity index (χ3n) is 2.42. The van der Waals surface area contributed by atoms with E-state index in [1.54, 1.807) is 0 Å². The summed E-state index contributed by atoms with van der Waals surface area (Å²) < 4.78 is 5.53. The molecular weight excluding hydrogens is 202 g/mol. The number of ether oxygens (including phenoxy) is 1. The van der Waals surface area contributed by atoms with E-state index in [0.29, 0.717) is 18.5 Å². The van der Waals surface area contributed by atoms with E-state index in [9.17, 15) is 0 Å². The Bertz CT molecular complexity index is 476. The molecular formula is C12H17N3O. The van der Waals surface area contributed by atoms with Crippen molar-refractivity contribution in [1.29, 1.82) is 0 Å². The SMILES string of the molecule is CC(C)CCOc1nc2ccc(N)cc2[nH]1. The fourth-order valence-electron chi connectivity index (χ4n) is 1.46. The average molecular weight is 219 g/mol. The number of nitrogen functional groups attached to an aromatic ring is 1. The fourth-order valence-corrected chi connectivity index (χ4v) is 1.46. The summed E-state index contributed by atoms with van der Waals surface area (Å²) in [4.78, 5) is 7.41. The average Bonchev–Trinajstić information content (AvgIpc) is 2.58. The number of fused-ring (bicyclic) bond motifs is 1. The maximum atomic E-state index is 5.68. The van der Waals surface area contributed by atoms with Gasteiger partial charge in [0, 0.05) is 5.69 Å². The zero-order valence-corrected chi connectivity index (χ0v) is 9.66. The number of imidazole rings is 1. The van der Waals surface area contributed by atoms with Crippen molar-refractivity contribution in [3.8, 4) is 6.01 Å². The summed E-state index contributed by atoms with van der Waals surface area (Å²) >= 11 is 0.